The molecular weight excluding hydrogens is 431 g/mol. The van der Waals surface area contributed by atoms with Crippen molar-refractivity contribution in [3.05, 3.63) is 77.6 Å². The molecule has 4 rings (SSSR count). The van der Waals surface area contributed by atoms with E-state index in [4.69, 9.17) is 17.3 Å². The van der Waals surface area contributed by atoms with E-state index in [0.717, 1.165) is 28.9 Å². The number of aromatic nitrogens is 2. The molecule has 0 saturated heterocycles. The van der Waals surface area contributed by atoms with Crippen LogP contribution in [0.5, 0.6) is 0 Å². The second kappa shape index (κ2) is 7.84. The number of carbonyl (C=O) groups excluding carboxylic acids is 1. The molecular formula is C21H15ClF3N5O. The van der Waals surface area contributed by atoms with Crippen LogP contribution in [0.3, 0.4) is 0 Å². The number of benzene rings is 3. The van der Waals surface area contributed by atoms with Crippen LogP contribution < -0.4 is 16.4 Å². The number of nitrogens with two attached hydrogens (primary N) is 1. The van der Waals surface area contributed by atoms with Gasteiger partial charge in [0.2, 0.25) is 0 Å². The summed E-state index contributed by atoms with van der Waals surface area (Å²) in [6.07, 6.45) is -2.96. The smallest absolute Gasteiger partial charge is 0.399 e. The molecule has 10 heteroatoms. The van der Waals surface area contributed by atoms with Gasteiger partial charge in [-0.15, -0.1) is 0 Å². The van der Waals surface area contributed by atoms with E-state index in [1.165, 1.54) is 6.07 Å². The van der Waals surface area contributed by atoms with Gasteiger partial charge in [0.1, 0.15) is 6.33 Å². The number of rotatable bonds is 3. The molecule has 0 spiro atoms. The first-order valence-corrected chi connectivity index (χ1v) is 9.36. The molecule has 0 aliphatic rings. The average molecular weight is 446 g/mol. The highest BCUT2D eigenvalue weighted by Gasteiger charge is 2.33. The predicted molar refractivity (Wildman–Crippen MR) is 115 cm³/mol. The number of halogens is 4. The summed E-state index contributed by atoms with van der Waals surface area (Å²) in [5.41, 5.74) is 8.28. The van der Waals surface area contributed by atoms with Crippen LogP contribution in [0.2, 0.25) is 5.02 Å². The molecule has 31 heavy (non-hydrogen) atoms. The lowest BCUT2D eigenvalue weighted by atomic mass is 10.2. The maximum absolute atomic E-state index is 13.0. The van der Waals surface area contributed by atoms with Crippen molar-refractivity contribution in [2.45, 2.75) is 6.18 Å². The van der Waals surface area contributed by atoms with Gasteiger partial charge in [-0.3, -0.25) is 4.57 Å². The third-order valence-corrected chi connectivity index (χ3v) is 4.83. The van der Waals surface area contributed by atoms with Gasteiger partial charge in [-0.25, -0.2) is 9.78 Å². The molecule has 0 bridgehead atoms. The zero-order valence-electron chi connectivity index (χ0n) is 15.7. The molecule has 0 unspecified atom stereocenters. The number of carbonyl (C=O) groups is 1. The summed E-state index contributed by atoms with van der Waals surface area (Å²) in [7, 11) is 0. The summed E-state index contributed by atoms with van der Waals surface area (Å²) in [4.78, 5) is 16.5. The molecule has 1 heterocycles. The Morgan fingerprint density at radius 1 is 0.968 bits per heavy atom. The Hall–Kier alpha value is -3.72. The Morgan fingerprint density at radius 2 is 1.65 bits per heavy atom. The normalized spacial score (nSPS) is 11.5. The van der Waals surface area contributed by atoms with Gasteiger partial charge in [-0.1, -0.05) is 11.6 Å². The van der Waals surface area contributed by atoms with Crippen LogP contribution in [-0.2, 0) is 6.18 Å². The second-order valence-electron chi connectivity index (χ2n) is 6.68. The van der Waals surface area contributed by atoms with Crippen molar-refractivity contribution < 1.29 is 18.0 Å². The maximum Gasteiger partial charge on any atom is 0.417 e. The van der Waals surface area contributed by atoms with Crippen LogP contribution in [0.25, 0.3) is 16.7 Å². The topological polar surface area (TPSA) is 85.0 Å². The third-order valence-electron chi connectivity index (χ3n) is 4.50. The van der Waals surface area contributed by atoms with Gasteiger partial charge < -0.3 is 16.4 Å². The molecule has 4 N–H and O–H groups in total. The number of nitrogen functional groups attached to an aromatic ring is 1. The van der Waals surface area contributed by atoms with Crippen molar-refractivity contribution in [1.82, 2.24) is 9.55 Å². The maximum atomic E-state index is 13.0. The minimum Gasteiger partial charge on any atom is -0.399 e. The van der Waals surface area contributed by atoms with E-state index in [1.54, 1.807) is 36.7 Å². The van der Waals surface area contributed by atoms with Crippen LogP contribution in [0.15, 0.2) is 67.0 Å². The molecule has 0 fully saturated rings. The van der Waals surface area contributed by atoms with Gasteiger partial charge in [0.25, 0.3) is 0 Å². The van der Waals surface area contributed by atoms with E-state index in [9.17, 15) is 18.0 Å². The van der Waals surface area contributed by atoms with Crippen molar-refractivity contribution in [3.63, 3.8) is 0 Å². The first kappa shape index (κ1) is 20.5. The second-order valence-corrected chi connectivity index (χ2v) is 7.09. The Bertz CT molecular complexity index is 1270. The number of hydrogen-bond acceptors (Lipinski definition) is 3. The Labute approximate surface area is 179 Å². The number of imidazole rings is 1. The zero-order chi connectivity index (χ0) is 22.2. The highest BCUT2D eigenvalue weighted by molar-refractivity contribution is 6.31. The van der Waals surface area contributed by atoms with Gasteiger partial charge in [-0.2, -0.15) is 13.2 Å². The monoisotopic (exact) mass is 445 g/mol. The fourth-order valence-corrected chi connectivity index (χ4v) is 3.27. The lowest BCUT2D eigenvalue weighted by Gasteiger charge is -2.12. The van der Waals surface area contributed by atoms with E-state index in [-0.39, 0.29) is 5.69 Å². The summed E-state index contributed by atoms with van der Waals surface area (Å²) in [5.74, 6) is 0. The lowest BCUT2D eigenvalue weighted by Crippen LogP contribution is -2.20. The lowest BCUT2D eigenvalue weighted by molar-refractivity contribution is -0.137. The van der Waals surface area contributed by atoms with Crippen LogP contribution in [0.4, 0.5) is 35.0 Å². The quantitative estimate of drug-likeness (QED) is 0.342. The number of fused-ring (bicyclic) bond motifs is 1. The van der Waals surface area contributed by atoms with Crippen LogP contribution in [-0.4, -0.2) is 15.6 Å². The van der Waals surface area contributed by atoms with Gasteiger partial charge in [0.05, 0.1) is 21.6 Å². The Morgan fingerprint density at radius 3 is 2.35 bits per heavy atom. The van der Waals surface area contributed by atoms with Crippen molar-refractivity contribution in [2.75, 3.05) is 16.4 Å². The number of nitrogens with one attached hydrogen (secondary N) is 2. The highest BCUT2D eigenvalue weighted by Crippen LogP contribution is 2.36. The van der Waals surface area contributed by atoms with E-state index < -0.39 is 22.8 Å². The Balaban J connectivity index is 1.48. The SMILES string of the molecule is Nc1ccc2ncn(-c3ccc(NC(=O)Nc4ccc(Cl)c(C(F)(F)F)c4)cc3)c2c1. The molecule has 6 nitrogen and oxygen atoms in total. The Kier molecular flexibility index (Phi) is 5.20. The largest absolute Gasteiger partial charge is 0.417 e. The number of alkyl halides is 3. The van der Waals surface area contributed by atoms with Crippen molar-refractivity contribution in [1.29, 1.82) is 0 Å². The molecule has 0 saturated carbocycles. The molecule has 0 aliphatic carbocycles. The first-order valence-electron chi connectivity index (χ1n) is 8.98. The van der Waals surface area contributed by atoms with Crippen LogP contribution >= 0.6 is 11.6 Å². The summed E-state index contributed by atoms with van der Waals surface area (Å²) in [5, 5.41) is 4.50. The number of urea groups is 1. The summed E-state index contributed by atoms with van der Waals surface area (Å²) in [6.45, 7) is 0. The van der Waals surface area contributed by atoms with Gasteiger partial charge >= 0.3 is 12.2 Å². The highest BCUT2D eigenvalue weighted by atomic mass is 35.5. The minimum absolute atomic E-state index is 0.0340. The van der Waals surface area contributed by atoms with Crippen molar-refractivity contribution >= 4 is 45.7 Å². The van der Waals surface area contributed by atoms with E-state index in [2.05, 4.69) is 15.6 Å². The molecule has 158 valence electrons. The number of hydrogen-bond donors (Lipinski definition) is 3. The molecule has 0 atom stereocenters. The van der Waals surface area contributed by atoms with Crippen LogP contribution in [0, 0.1) is 0 Å². The van der Waals surface area contributed by atoms with Gasteiger partial charge in [0.15, 0.2) is 0 Å². The number of amides is 2. The van der Waals surface area contributed by atoms with E-state index in [1.807, 2.05) is 16.7 Å². The zero-order valence-corrected chi connectivity index (χ0v) is 16.5. The van der Waals surface area contributed by atoms with Crippen molar-refractivity contribution in [2.24, 2.45) is 0 Å². The fourth-order valence-electron chi connectivity index (χ4n) is 3.05. The molecule has 1 aromatic heterocycles. The predicted octanol–water partition coefficient (Wildman–Crippen LogP) is 5.92. The third kappa shape index (κ3) is 4.41. The molecule has 0 radical (unpaired) electrons. The first-order chi connectivity index (χ1) is 14.7. The van der Waals surface area contributed by atoms with Gasteiger partial charge in [-0.05, 0) is 60.7 Å². The van der Waals surface area contributed by atoms with Crippen molar-refractivity contribution in [3.8, 4) is 5.69 Å². The number of nitrogens with zero attached hydrogens (tertiary/aromatic N) is 2. The molecule has 4 aromatic rings. The van der Waals surface area contributed by atoms with Gasteiger partial charge in [0, 0.05) is 22.7 Å². The summed E-state index contributed by atoms with van der Waals surface area (Å²) < 4.78 is 40.7. The van der Waals surface area contributed by atoms with E-state index >= 15 is 0 Å². The molecule has 3 aromatic carbocycles. The molecule has 2 amide bonds. The van der Waals surface area contributed by atoms with Crippen LogP contribution in [0.1, 0.15) is 5.56 Å². The standard InChI is InChI=1S/C21H15ClF3N5O/c22-17-7-4-14(10-16(17)21(23,24)25)29-20(31)28-13-2-5-15(6-3-13)30-11-27-18-8-1-12(26)9-19(18)30/h1-11H,26H2,(H2,28,29,31). The van der Waals surface area contributed by atoms with E-state index in [0.29, 0.717) is 11.4 Å². The summed E-state index contributed by atoms with van der Waals surface area (Å²) >= 11 is 5.59. The number of anilines is 3. The summed E-state index contributed by atoms with van der Waals surface area (Å²) in [6, 6.07) is 14.7. The fraction of sp³-hybridized carbons (Fsp3) is 0.0476. The minimum atomic E-state index is -4.62. The molecule has 0 aliphatic heterocycles. The average Bonchev–Trinajstić information content (AvgIpc) is 3.12.